The summed E-state index contributed by atoms with van der Waals surface area (Å²) >= 11 is 1.09. The number of anilines is 1. The van der Waals surface area contributed by atoms with Crippen LogP contribution in [0.1, 0.15) is 25.0 Å². The van der Waals surface area contributed by atoms with Crippen molar-refractivity contribution in [2.24, 2.45) is 11.3 Å². The van der Waals surface area contributed by atoms with Gasteiger partial charge in [0.25, 0.3) is 0 Å². The highest BCUT2D eigenvalue weighted by molar-refractivity contribution is 8.03. The Morgan fingerprint density at radius 1 is 1.35 bits per heavy atom. The van der Waals surface area contributed by atoms with Gasteiger partial charge >= 0.3 is 0 Å². The number of hydrogen-bond donors (Lipinski definition) is 2. The molecule has 2 amide bonds. The topological polar surface area (TPSA) is 106 Å². The number of allylic oxidation sites excluding steroid dienone is 1. The largest absolute Gasteiger partial charge is 0.325 e. The lowest BCUT2D eigenvalue weighted by Gasteiger charge is -2.34. The van der Waals surface area contributed by atoms with Crippen LogP contribution in [-0.4, -0.2) is 17.6 Å². The first-order valence-corrected chi connectivity index (χ1v) is 9.04. The third kappa shape index (κ3) is 3.89. The minimum absolute atomic E-state index is 0.0431. The van der Waals surface area contributed by atoms with Gasteiger partial charge in [0.1, 0.15) is 5.92 Å². The van der Waals surface area contributed by atoms with E-state index in [0.29, 0.717) is 10.6 Å². The molecule has 0 fully saturated rings. The minimum atomic E-state index is -0.939. The Hall–Kier alpha value is -2.77. The van der Waals surface area contributed by atoms with Crippen LogP contribution >= 0.6 is 11.8 Å². The van der Waals surface area contributed by atoms with Gasteiger partial charge in [-0.2, -0.15) is 10.5 Å². The fourth-order valence-electron chi connectivity index (χ4n) is 2.81. The molecule has 134 valence electrons. The number of thioether (sulfide) groups is 1. The zero-order valence-electron chi connectivity index (χ0n) is 15.1. The number of carbonyl (C=O) groups excluding carboxylic acids is 2. The maximum atomic E-state index is 12.2. The maximum absolute atomic E-state index is 12.2. The molecule has 0 saturated heterocycles. The first kappa shape index (κ1) is 19.6. The molecule has 0 aromatic heterocycles. The first-order chi connectivity index (χ1) is 12.2. The summed E-state index contributed by atoms with van der Waals surface area (Å²) in [5.41, 5.74) is 2.21. The summed E-state index contributed by atoms with van der Waals surface area (Å²) in [5.74, 6) is -1.58. The van der Waals surface area contributed by atoms with Crippen molar-refractivity contribution in [2.45, 2.75) is 27.7 Å². The van der Waals surface area contributed by atoms with E-state index < -0.39 is 17.2 Å². The van der Waals surface area contributed by atoms with Crippen LogP contribution in [0.4, 0.5) is 5.69 Å². The van der Waals surface area contributed by atoms with Gasteiger partial charge < -0.3 is 10.6 Å². The second-order valence-corrected chi connectivity index (χ2v) is 7.73. The highest BCUT2D eigenvalue weighted by atomic mass is 32.2. The monoisotopic (exact) mass is 368 g/mol. The molecule has 0 aliphatic carbocycles. The molecule has 7 heteroatoms. The molecule has 1 aromatic rings. The van der Waals surface area contributed by atoms with E-state index in [4.69, 9.17) is 0 Å². The Labute approximate surface area is 157 Å². The second kappa shape index (κ2) is 7.63. The third-order valence-electron chi connectivity index (χ3n) is 4.34. The van der Waals surface area contributed by atoms with Crippen LogP contribution in [0.2, 0.25) is 0 Å². The van der Waals surface area contributed by atoms with Crippen molar-refractivity contribution in [3.05, 3.63) is 39.9 Å². The van der Waals surface area contributed by atoms with E-state index in [9.17, 15) is 20.1 Å². The van der Waals surface area contributed by atoms with Gasteiger partial charge in [-0.3, -0.25) is 9.59 Å². The Kier molecular flexibility index (Phi) is 5.74. The third-order valence-corrected chi connectivity index (χ3v) is 5.34. The number of nitrogens with zero attached hydrogens (tertiary/aromatic N) is 2. The molecule has 2 rings (SSSR count). The molecule has 26 heavy (non-hydrogen) atoms. The van der Waals surface area contributed by atoms with E-state index in [1.807, 2.05) is 38.1 Å². The van der Waals surface area contributed by atoms with Crippen LogP contribution in [0, 0.1) is 47.8 Å². The fraction of sp³-hybridized carbons (Fsp3) is 0.368. The van der Waals surface area contributed by atoms with E-state index in [-0.39, 0.29) is 11.7 Å². The number of benzene rings is 1. The average molecular weight is 368 g/mol. The van der Waals surface area contributed by atoms with Crippen molar-refractivity contribution in [3.63, 3.8) is 0 Å². The van der Waals surface area contributed by atoms with Gasteiger partial charge in [0.2, 0.25) is 11.8 Å². The number of rotatable bonds is 4. The minimum Gasteiger partial charge on any atom is -0.325 e. The molecule has 1 atom stereocenters. The lowest BCUT2D eigenvalue weighted by Crippen LogP contribution is -2.44. The number of nitriles is 2. The van der Waals surface area contributed by atoms with Crippen molar-refractivity contribution in [1.29, 1.82) is 10.5 Å². The lowest BCUT2D eigenvalue weighted by molar-refractivity contribution is -0.125. The molecule has 0 bridgehead atoms. The zero-order chi connectivity index (χ0) is 19.5. The van der Waals surface area contributed by atoms with Gasteiger partial charge in [0.05, 0.1) is 28.5 Å². The number of nitrogens with one attached hydrogen (secondary N) is 2. The molecular weight excluding hydrogens is 348 g/mol. The van der Waals surface area contributed by atoms with Crippen molar-refractivity contribution in [3.8, 4) is 12.1 Å². The van der Waals surface area contributed by atoms with E-state index in [2.05, 4.69) is 16.7 Å². The first-order valence-electron chi connectivity index (χ1n) is 8.06. The number of aryl methyl sites for hydroxylation is 2. The fourth-order valence-corrected chi connectivity index (χ4v) is 3.79. The number of amides is 2. The van der Waals surface area contributed by atoms with Crippen molar-refractivity contribution in [1.82, 2.24) is 5.32 Å². The number of hydrogen-bond acceptors (Lipinski definition) is 5. The SMILES string of the molecule is Cc1ccc(NC(=O)CSC2=C(C#N)C(C)(C)[C@@H](C#N)C(=O)N2)c(C)c1. The molecule has 6 nitrogen and oxygen atoms in total. The average Bonchev–Trinajstić information content (AvgIpc) is 2.55. The standard InChI is InChI=1S/C19H20N4O2S/c1-11-5-6-15(12(2)7-11)22-16(24)10-26-18-14(9-21)19(3,4)13(8-20)17(25)23-18/h5-7,13H,10H2,1-4H3,(H,22,24)(H,23,25)/t13-/m0/s1. The van der Waals surface area contributed by atoms with Gasteiger partial charge in [-0.1, -0.05) is 43.3 Å². The van der Waals surface area contributed by atoms with Crippen LogP contribution in [-0.2, 0) is 9.59 Å². The van der Waals surface area contributed by atoms with Gasteiger partial charge in [-0.15, -0.1) is 0 Å². The van der Waals surface area contributed by atoms with Crippen molar-refractivity contribution >= 4 is 29.3 Å². The number of carbonyl (C=O) groups is 2. The molecule has 1 aliphatic rings. The molecule has 0 spiro atoms. The van der Waals surface area contributed by atoms with Gasteiger partial charge in [-0.05, 0) is 25.5 Å². The van der Waals surface area contributed by atoms with Gasteiger partial charge in [0, 0.05) is 11.1 Å². The van der Waals surface area contributed by atoms with Crippen LogP contribution < -0.4 is 10.6 Å². The van der Waals surface area contributed by atoms with E-state index in [0.717, 1.165) is 28.6 Å². The lowest BCUT2D eigenvalue weighted by atomic mass is 9.72. The Bertz CT molecular complexity index is 875. The normalized spacial score (nSPS) is 18.5. The molecule has 0 unspecified atom stereocenters. The van der Waals surface area contributed by atoms with Crippen LogP contribution in [0.15, 0.2) is 28.8 Å². The predicted octanol–water partition coefficient (Wildman–Crippen LogP) is 3.01. The second-order valence-electron chi connectivity index (χ2n) is 6.74. The van der Waals surface area contributed by atoms with Gasteiger partial charge in [-0.25, -0.2) is 0 Å². The summed E-state index contributed by atoms with van der Waals surface area (Å²) < 4.78 is 0. The van der Waals surface area contributed by atoms with Crippen molar-refractivity contribution in [2.75, 3.05) is 11.1 Å². The molecule has 1 aliphatic heterocycles. The van der Waals surface area contributed by atoms with E-state index in [1.54, 1.807) is 13.8 Å². The highest BCUT2D eigenvalue weighted by Crippen LogP contribution is 2.41. The quantitative estimate of drug-likeness (QED) is 0.850. The Morgan fingerprint density at radius 2 is 2.04 bits per heavy atom. The van der Waals surface area contributed by atoms with Crippen molar-refractivity contribution < 1.29 is 9.59 Å². The molecule has 0 saturated carbocycles. The van der Waals surface area contributed by atoms with E-state index in [1.165, 1.54) is 0 Å². The molecule has 0 radical (unpaired) electrons. The van der Waals surface area contributed by atoms with Gasteiger partial charge in [0.15, 0.2) is 0 Å². The Morgan fingerprint density at radius 3 is 2.62 bits per heavy atom. The van der Waals surface area contributed by atoms with Crippen LogP contribution in [0.25, 0.3) is 0 Å². The summed E-state index contributed by atoms with van der Waals surface area (Å²) in [4.78, 5) is 24.4. The summed E-state index contributed by atoms with van der Waals surface area (Å²) in [7, 11) is 0. The molecule has 1 aromatic carbocycles. The summed E-state index contributed by atoms with van der Waals surface area (Å²) in [6, 6.07) is 9.77. The summed E-state index contributed by atoms with van der Waals surface area (Å²) in [6.45, 7) is 7.27. The zero-order valence-corrected chi connectivity index (χ0v) is 16.0. The molecule has 1 heterocycles. The predicted molar refractivity (Wildman–Crippen MR) is 101 cm³/mol. The van der Waals surface area contributed by atoms with Crippen LogP contribution in [0.5, 0.6) is 0 Å². The molecule has 2 N–H and O–H groups in total. The van der Waals surface area contributed by atoms with Crippen LogP contribution in [0.3, 0.4) is 0 Å². The smallest absolute Gasteiger partial charge is 0.243 e. The summed E-state index contributed by atoms with van der Waals surface area (Å²) in [5, 5.41) is 24.4. The Balaban J connectivity index is 2.13. The maximum Gasteiger partial charge on any atom is 0.243 e. The summed E-state index contributed by atoms with van der Waals surface area (Å²) in [6.07, 6.45) is 0. The molecular formula is C19H20N4O2S. The highest BCUT2D eigenvalue weighted by Gasteiger charge is 2.44. The van der Waals surface area contributed by atoms with E-state index >= 15 is 0 Å².